The lowest BCUT2D eigenvalue weighted by Crippen LogP contribution is -2.02. The number of esters is 2. The molecule has 0 saturated carbocycles. The summed E-state index contributed by atoms with van der Waals surface area (Å²) in [6.07, 6.45) is 0. The Morgan fingerprint density at radius 1 is 0.926 bits per heavy atom. The van der Waals surface area contributed by atoms with Gasteiger partial charge in [0.1, 0.15) is 0 Å². The van der Waals surface area contributed by atoms with Crippen LogP contribution in [0.15, 0.2) is 24.3 Å². The van der Waals surface area contributed by atoms with Crippen LogP contribution in [-0.4, -0.2) is 18.5 Å². The van der Waals surface area contributed by atoms with Gasteiger partial charge in [-0.15, -0.1) is 11.3 Å². The van der Waals surface area contributed by atoms with Gasteiger partial charge in [-0.3, -0.25) is 0 Å². The third kappa shape index (κ3) is 2.71. The number of carbonyl (C=O) groups is 2. The predicted molar refractivity (Wildman–Crippen MR) is 109 cm³/mol. The third-order valence-electron chi connectivity index (χ3n) is 4.74. The minimum atomic E-state index is -0.609. The van der Waals surface area contributed by atoms with E-state index in [1.807, 2.05) is 52.0 Å². The van der Waals surface area contributed by atoms with Crippen molar-refractivity contribution in [2.45, 2.75) is 27.7 Å². The highest BCUT2D eigenvalue weighted by atomic mass is 32.1. The highest BCUT2D eigenvalue weighted by Gasteiger charge is 2.39. The van der Waals surface area contributed by atoms with Crippen molar-refractivity contribution >= 4 is 55.8 Å². The van der Waals surface area contributed by atoms with E-state index in [0.29, 0.717) is 28.4 Å². The summed E-state index contributed by atoms with van der Waals surface area (Å²) in [4.78, 5) is 27.6. The second-order valence-electron chi connectivity index (χ2n) is 6.34. The fourth-order valence-electron chi connectivity index (χ4n) is 3.50. The van der Waals surface area contributed by atoms with Gasteiger partial charge >= 0.3 is 11.9 Å². The summed E-state index contributed by atoms with van der Waals surface area (Å²) in [5, 5.41) is 1.53. The van der Waals surface area contributed by atoms with Gasteiger partial charge in [-0.2, -0.15) is 0 Å². The molecule has 0 bridgehead atoms. The minimum absolute atomic E-state index is 0.310. The van der Waals surface area contributed by atoms with Crippen LogP contribution < -0.4 is 4.74 Å². The van der Waals surface area contributed by atoms with Gasteiger partial charge in [-0.1, -0.05) is 29.5 Å². The van der Waals surface area contributed by atoms with Gasteiger partial charge in [0.15, 0.2) is 5.06 Å². The molecule has 3 heterocycles. The van der Waals surface area contributed by atoms with Gasteiger partial charge in [0.2, 0.25) is 0 Å². The molecule has 138 valence electrons. The molecule has 4 rings (SSSR count). The number of ether oxygens (including phenoxy) is 2. The zero-order chi connectivity index (χ0) is 19.3. The summed E-state index contributed by atoms with van der Waals surface area (Å²) >= 11 is 3.10. The highest BCUT2D eigenvalue weighted by Crippen LogP contribution is 2.48. The Balaban J connectivity index is 2.10. The lowest BCUT2D eigenvalue weighted by atomic mass is 9.93. The summed E-state index contributed by atoms with van der Waals surface area (Å²) in [6.45, 7) is 8.34. The normalized spacial score (nSPS) is 14.4. The van der Waals surface area contributed by atoms with E-state index in [9.17, 15) is 9.59 Å². The van der Waals surface area contributed by atoms with Crippen molar-refractivity contribution < 1.29 is 19.1 Å². The first-order valence-electron chi connectivity index (χ1n) is 8.66. The van der Waals surface area contributed by atoms with Crippen molar-refractivity contribution in [2.75, 3.05) is 6.61 Å². The minimum Gasteiger partial charge on any atom is -0.484 e. The van der Waals surface area contributed by atoms with Crippen molar-refractivity contribution in [3.63, 3.8) is 0 Å². The molecule has 0 atom stereocenters. The zero-order valence-electron chi connectivity index (χ0n) is 15.5. The number of thiophene rings is 2. The van der Waals surface area contributed by atoms with E-state index < -0.39 is 11.9 Å². The van der Waals surface area contributed by atoms with E-state index in [0.717, 1.165) is 31.0 Å². The second kappa shape index (κ2) is 6.62. The standard InChI is InChI=1S/C21H18O4S2/c1-5-24-21-16(13-8-6-7-9-14(13)27-21)18-17(19(22)25-20(18)23)15-10(2)11(3)26-12(15)4/h6-9H,5H2,1-4H3. The van der Waals surface area contributed by atoms with E-state index in [2.05, 4.69) is 0 Å². The highest BCUT2D eigenvalue weighted by molar-refractivity contribution is 7.21. The van der Waals surface area contributed by atoms with Crippen LogP contribution in [0.2, 0.25) is 0 Å². The fraction of sp³-hybridized carbons (Fsp3) is 0.238. The molecule has 0 fully saturated rings. The van der Waals surface area contributed by atoms with E-state index in [1.165, 1.54) is 11.3 Å². The average Bonchev–Trinajstić information content (AvgIpc) is 3.20. The smallest absolute Gasteiger partial charge is 0.347 e. The maximum Gasteiger partial charge on any atom is 0.347 e. The fourth-order valence-corrected chi connectivity index (χ4v) is 5.69. The van der Waals surface area contributed by atoms with E-state index >= 15 is 0 Å². The molecule has 1 aliphatic rings. The number of hydrogen-bond donors (Lipinski definition) is 0. The molecule has 0 aliphatic carbocycles. The van der Waals surface area contributed by atoms with E-state index in [1.54, 1.807) is 11.3 Å². The van der Waals surface area contributed by atoms with Crippen LogP contribution >= 0.6 is 22.7 Å². The van der Waals surface area contributed by atoms with Crippen molar-refractivity contribution in [3.05, 3.63) is 50.7 Å². The topological polar surface area (TPSA) is 52.6 Å². The Morgan fingerprint density at radius 3 is 2.22 bits per heavy atom. The number of fused-ring (bicyclic) bond motifs is 1. The molecule has 0 N–H and O–H groups in total. The summed E-state index contributed by atoms with van der Waals surface area (Å²) in [7, 11) is 0. The third-order valence-corrected chi connectivity index (χ3v) is 6.95. The Morgan fingerprint density at radius 2 is 1.59 bits per heavy atom. The summed E-state index contributed by atoms with van der Waals surface area (Å²) in [5.74, 6) is -1.20. The maximum absolute atomic E-state index is 12.7. The van der Waals surface area contributed by atoms with Crippen LogP contribution in [0, 0.1) is 20.8 Å². The van der Waals surface area contributed by atoms with Gasteiger partial charge in [-0.25, -0.2) is 9.59 Å². The molecule has 0 spiro atoms. The first-order valence-corrected chi connectivity index (χ1v) is 10.3. The Bertz CT molecular complexity index is 1130. The van der Waals surface area contributed by atoms with Crippen molar-refractivity contribution in [1.29, 1.82) is 0 Å². The van der Waals surface area contributed by atoms with E-state index in [-0.39, 0.29) is 0 Å². The quantitative estimate of drug-likeness (QED) is 0.443. The van der Waals surface area contributed by atoms with E-state index in [4.69, 9.17) is 9.47 Å². The number of rotatable bonds is 4. The van der Waals surface area contributed by atoms with Gasteiger partial charge < -0.3 is 9.47 Å². The molecule has 1 aromatic carbocycles. The van der Waals surface area contributed by atoms with Gasteiger partial charge in [0.05, 0.1) is 23.3 Å². The Kier molecular flexibility index (Phi) is 4.40. The van der Waals surface area contributed by atoms with Crippen LogP contribution in [-0.2, 0) is 14.3 Å². The van der Waals surface area contributed by atoms with Crippen molar-refractivity contribution in [1.82, 2.24) is 0 Å². The van der Waals surface area contributed by atoms with Crippen LogP contribution in [0.25, 0.3) is 21.2 Å². The van der Waals surface area contributed by atoms with Gasteiger partial charge in [0, 0.05) is 25.4 Å². The summed E-state index contributed by atoms with van der Waals surface area (Å²) in [6, 6.07) is 7.80. The molecule has 0 saturated heterocycles. The second-order valence-corrected chi connectivity index (χ2v) is 8.78. The molecule has 6 heteroatoms. The van der Waals surface area contributed by atoms with Gasteiger partial charge in [0.25, 0.3) is 0 Å². The molecule has 3 aromatic rings. The van der Waals surface area contributed by atoms with Crippen LogP contribution in [0.4, 0.5) is 0 Å². The maximum atomic E-state index is 12.7. The molecule has 2 aromatic heterocycles. The number of hydrogen-bond acceptors (Lipinski definition) is 6. The molecular formula is C21H18O4S2. The molecule has 0 amide bonds. The molecule has 4 nitrogen and oxygen atoms in total. The number of carbonyl (C=O) groups excluding carboxylic acids is 2. The first kappa shape index (κ1) is 17.9. The SMILES string of the molecule is CCOc1sc2ccccc2c1C1=C(c2c(C)sc(C)c2C)C(=O)OC1=O. The summed E-state index contributed by atoms with van der Waals surface area (Å²) < 4.78 is 11.9. The lowest BCUT2D eigenvalue weighted by molar-refractivity contribution is -0.149. The first-order chi connectivity index (χ1) is 12.9. The predicted octanol–water partition coefficient (Wildman–Crippen LogP) is 5.28. The average molecular weight is 399 g/mol. The van der Waals surface area contributed by atoms with Crippen molar-refractivity contribution in [2.24, 2.45) is 0 Å². The van der Waals surface area contributed by atoms with Gasteiger partial charge in [-0.05, 0) is 39.3 Å². The van der Waals surface area contributed by atoms with Crippen molar-refractivity contribution in [3.8, 4) is 5.06 Å². The molecule has 27 heavy (non-hydrogen) atoms. The lowest BCUT2D eigenvalue weighted by Gasteiger charge is -2.07. The summed E-state index contributed by atoms with van der Waals surface area (Å²) in [5.41, 5.74) is 3.13. The molecular weight excluding hydrogens is 380 g/mol. The van der Waals surface area contributed by atoms with Crippen LogP contribution in [0.1, 0.15) is 33.4 Å². The molecule has 0 radical (unpaired) electrons. The molecule has 1 aliphatic heterocycles. The number of aryl methyl sites for hydroxylation is 2. The molecule has 0 unspecified atom stereocenters. The largest absolute Gasteiger partial charge is 0.484 e. The van der Waals surface area contributed by atoms with Crippen LogP contribution in [0.5, 0.6) is 5.06 Å². The zero-order valence-corrected chi connectivity index (χ0v) is 17.1. The Labute approximate surface area is 165 Å². The number of benzene rings is 1. The Hall–Kier alpha value is -2.44. The number of cyclic esters (lactones) is 2. The monoisotopic (exact) mass is 398 g/mol. The van der Waals surface area contributed by atoms with Crippen LogP contribution in [0.3, 0.4) is 0 Å².